The summed E-state index contributed by atoms with van der Waals surface area (Å²) in [6, 6.07) is 0. The molecule has 8 heteroatoms. The standard InChI is InChI=1S/C11H19N4O3P/c1-3-17-19(16,18-4-2)9-10-6-5-7-15-11(8-10)12-13-14-15/h8H,3-7,9H2,1-2H3. The third-order valence-corrected chi connectivity index (χ3v) is 4.91. The van der Waals surface area contributed by atoms with Gasteiger partial charge in [0.25, 0.3) is 0 Å². The van der Waals surface area contributed by atoms with Crippen LogP contribution in [0.4, 0.5) is 0 Å². The van der Waals surface area contributed by atoms with Gasteiger partial charge >= 0.3 is 7.60 Å². The summed E-state index contributed by atoms with van der Waals surface area (Å²) < 4.78 is 24.9. The Hall–Kier alpha value is -1.04. The van der Waals surface area contributed by atoms with E-state index in [0.29, 0.717) is 25.2 Å². The fraction of sp³-hybridized carbons (Fsp3) is 0.727. The van der Waals surface area contributed by atoms with Gasteiger partial charge in [0.1, 0.15) is 0 Å². The predicted molar refractivity (Wildman–Crippen MR) is 70.8 cm³/mol. The molecule has 106 valence electrons. The minimum Gasteiger partial charge on any atom is -0.309 e. The van der Waals surface area contributed by atoms with Crippen LogP contribution in [0.1, 0.15) is 32.5 Å². The average Bonchev–Trinajstić information content (AvgIpc) is 2.69. The molecule has 0 N–H and O–H groups in total. The topological polar surface area (TPSA) is 79.1 Å². The molecule has 0 saturated carbocycles. The lowest BCUT2D eigenvalue weighted by Crippen LogP contribution is -2.02. The predicted octanol–water partition coefficient (Wildman–Crippen LogP) is 2.12. The van der Waals surface area contributed by atoms with Crippen molar-refractivity contribution < 1.29 is 13.6 Å². The normalized spacial score (nSPS) is 15.8. The third kappa shape index (κ3) is 3.72. The number of aromatic nitrogens is 4. The van der Waals surface area contributed by atoms with E-state index in [9.17, 15) is 4.57 Å². The molecule has 0 atom stereocenters. The minimum atomic E-state index is -3.05. The van der Waals surface area contributed by atoms with Crippen LogP contribution < -0.4 is 0 Å². The maximum atomic E-state index is 12.5. The summed E-state index contributed by atoms with van der Waals surface area (Å²) in [4.78, 5) is 0. The van der Waals surface area contributed by atoms with Gasteiger partial charge in [-0.1, -0.05) is 5.57 Å². The number of hydrogen-bond acceptors (Lipinski definition) is 6. The zero-order valence-corrected chi connectivity index (χ0v) is 12.2. The highest BCUT2D eigenvalue weighted by Gasteiger charge is 2.26. The molecule has 0 aromatic carbocycles. The van der Waals surface area contributed by atoms with E-state index in [1.54, 1.807) is 4.68 Å². The Morgan fingerprint density at radius 1 is 1.37 bits per heavy atom. The first-order chi connectivity index (χ1) is 9.17. The highest BCUT2D eigenvalue weighted by atomic mass is 31.2. The van der Waals surface area contributed by atoms with Crippen LogP contribution in [0, 0.1) is 0 Å². The first kappa shape index (κ1) is 14.4. The lowest BCUT2D eigenvalue weighted by Gasteiger charge is -2.18. The fourth-order valence-electron chi connectivity index (χ4n) is 2.08. The fourth-order valence-corrected chi connectivity index (χ4v) is 3.87. The van der Waals surface area contributed by atoms with Gasteiger partial charge in [-0.15, -0.1) is 5.10 Å². The zero-order valence-electron chi connectivity index (χ0n) is 11.3. The van der Waals surface area contributed by atoms with Gasteiger partial charge in [0, 0.05) is 6.54 Å². The van der Waals surface area contributed by atoms with Gasteiger partial charge in [-0.3, -0.25) is 4.57 Å². The van der Waals surface area contributed by atoms with E-state index in [-0.39, 0.29) is 0 Å². The monoisotopic (exact) mass is 286 g/mol. The molecule has 1 aliphatic rings. The number of nitrogens with zero attached hydrogens (tertiary/aromatic N) is 4. The summed E-state index contributed by atoms with van der Waals surface area (Å²) in [7, 11) is -3.05. The van der Waals surface area contributed by atoms with E-state index in [1.165, 1.54) is 0 Å². The van der Waals surface area contributed by atoms with Crippen LogP contribution in [0.15, 0.2) is 5.57 Å². The van der Waals surface area contributed by atoms with Crippen LogP contribution in [0.5, 0.6) is 0 Å². The molecule has 7 nitrogen and oxygen atoms in total. The van der Waals surface area contributed by atoms with Crippen molar-refractivity contribution >= 4 is 13.7 Å². The summed E-state index contributed by atoms with van der Waals surface area (Å²) in [5.41, 5.74) is 1.01. The maximum Gasteiger partial charge on any atom is 0.334 e. The van der Waals surface area contributed by atoms with Crippen LogP contribution >= 0.6 is 7.60 Å². The van der Waals surface area contributed by atoms with Gasteiger partial charge in [-0.2, -0.15) is 0 Å². The lowest BCUT2D eigenvalue weighted by atomic mass is 10.2. The second kappa shape index (κ2) is 6.41. The second-order valence-corrected chi connectivity index (χ2v) is 6.33. The van der Waals surface area contributed by atoms with Gasteiger partial charge in [0.15, 0.2) is 5.82 Å². The smallest absolute Gasteiger partial charge is 0.309 e. The largest absolute Gasteiger partial charge is 0.334 e. The minimum absolute atomic E-state index is 0.307. The van der Waals surface area contributed by atoms with Gasteiger partial charge in [0.05, 0.1) is 19.4 Å². The molecule has 0 aliphatic carbocycles. The van der Waals surface area contributed by atoms with E-state index in [0.717, 1.165) is 25.0 Å². The van der Waals surface area contributed by atoms with Gasteiger partial charge in [-0.05, 0) is 43.2 Å². The van der Waals surface area contributed by atoms with Crippen molar-refractivity contribution in [2.45, 2.75) is 33.2 Å². The summed E-state index contributed by atoms with van der Waals surface area (Å²) in [6.07, 6.45) is 3.95. The third-order valence-electron chi connectivity index (χ3n) is 2.81. The molecule has 0 fully saturated rings. The number of hydrogen-bond donors (Lipinski definition) is 0. The number of aryl methyl sites for hydroxylation is 1. The van der Waals surface area contributed by atoms with Gasteiger partial charge < -0.3 is 9.05 Å². The molecular weight excluding hydrogens is 267 g/mol. The maximum absolute atomic E-state index is 12.5. The van der Waals surface area contributed by atoms with Gasteiger partial charge in [0.2, 0.25) is 0 Å². The molecule has 0 radical (unpaired) electrons. The Kier molecular flexibility index (Phi) is 4.85. The van der Waals surface area contributed by atoms with Crippen LogP contribution in [-0.2, 0) is 20.2 Å². The van der Waals surface area contributed by atoms with Gasteiger partial charge in [-0.25, -0.2) is 4.68 Å². The summed E-state index contributed by atoms with van der Waals surface area (Å²) in [5.74, 6) is 0.701. The Morgan fingerprint density at radius 2 is 2.11 bits per heavy atom. The van der Waals surface area contributed by atoms with E-state index in [2.05, 4.69) is 15.5 Å². The quantitative estimate of drug-likeness (QED) is 0.745. The summed E-state index contributed by atoms with van der Waals surface area (Å²) in [6.45, 7) is 5.15. The van der Waals surface area contributed by atoms with Crippen molar-refractivity contribution in [2.75, 3.05) is 19.4 Å². The van der Waals surface area contributed by atoms with Crippen LogP contribution in [0.2, 0.25) is 0 Å². The van der Waals surface area contributed by atoms with E-state index in [4.69, 9.17) is 9.05 Å². The second-order valence-electron chi connectivity index (χ2n) is 4.27. The Labute approximate surface area is 112 Å². The molecule has 0 unspecified atom stereocenters. The highest BCUT2D eigenvalue weighted by Crippen LogP contribution is 2.50. The first-order valence-corrected chi connectivity index (χ1v) is 8.23. The number of allylic oxidation sites excluding steroid dienone is 1. The molecule has 19 heavy (non-hydrogen) atoms. The molecular formula is C11H19N4O3P. The Balaban J connectivity index is 2.15. The molecule has 0 bridgehead atoms. The van der Waals surface area contributed by atoms with E-state index >= 15 is 0 Å². The highest BCUT2D eigenvalue weighted by molar-refractivity contribution is 7.54. The molecule has 0 spiro atoms. The molecule has 0 amide bonds. The molecule has 1 aromatic heterocycles. The molecule has 2 heterocycles. The zero-order chi connectivity index (χ0) is 13.7. The van der Waals surface area contributed by atoms with Crippen molar-refractivity contribution in [1.82, 2.24) is 20.2 Å². The van der Waals surface area contributed by atoms with Crippen molar-refractivity contribution in [3.05, 3.63) is 11.4 Å². The average molecular weight is 286 g/mol. The Bertz CT molecular complexity index is 490. The lowest BCUT2D eigenvalue weighted by molar-refractivity contribution is 0.222. The van der Waals surface area contributed by atoms with Crippen LogP contribution in [0.3, 0.4) is 0 Å². The van der Waals surface area contributed by atoms with Crippen molar-refractivity contribution in [3.63, 3.8) is 0 Å². The van der Waals surface area contributed by atoms with Crippen molar-refractivity contribution in [3.8, 4) is 0 Å². The SMILES string of the molecule is CCOP(=O)(CC1=Cc2nnnn2CCC1)OCC. The van der Waals surface area contributed by atoms with Crippen LogP contribution in [-0.4, -0.2) is 39.6 Å². The summed E-state index contributed by atoms with van der Waals surface area (Å²) >= 11 is 0. The van der Waals surface area contributed by atoms with E-state index < -0.39 is 7.60 Å². The molecule has 1 aliphatic heterocycles. The molecule has 0 saturated heterocycles. The Morgan fingerprint density at radius 3 is 2.79 bits per heavy atom. The van der Waals surface area contributed by atoms with Crippen LogP contribution in [0.25, 0.3) is 6.08 Å². The first-order valence-electron chi connectivity index (χ1n) is 6.50. The van der Waals surface area contributed by atoms with E-state index in [1.807, 2.05) is 19.9 Å². The summed E-state index contributed by atoms with van der Waals surface area (Å²) in [5, 5.41) is 11.5. The molecule has 1 aromatic rings. The van der Waals surface area contributed by atoms with Crippen molar-refractivity contribution in [2.24, 2.45) is 0 Å². The number of rotatable bonds is 6. The van der Waals surface area contributed by atoms with Crippen molar-refractivity contribution in [1.29, 1.82) is 0 Å². The molecule has 2 rings (SSSR count). The number of tetrazole rings is 1. The number of fused-ring (bicyclic) bond motifs is 1.